The molecule has 0 aliphatic carbocycles. The van der Waals surface area contributed by atoms with Crippen molar-refractivity contribution >= 4 is 46.0 Å². The number of carbonyl (C=O) groups excluding carboxylic acids is 1. The van der Waals surface area contributed by atoms with Gasteiger partial charge in [-0.2, -0.15) is 10.2 Å². The Morgan fingerprint density at radius 2 is 1.46 bits per heavy atom. The summed E-state index contributed by atoms with van der Waals surface area (Å²) in [6, 6.07) is 20.8. The lowest BCUT2D eigenvalue weighted by molar-refractivity contribution is -0.384. The SMILES string of the molecule is O=C(NNc1ncnc(Nc2ccc(N=Nc3ccccc3)cc2)c1[N+](=O)[O-])c1cccc([N+](=O)[O-])c1. The van der Waals surface area contributed by atoms with Crippen LogP contribution in [0.1, 0.15) is 10.4 Å². The standard InChI is InChI=1S/C23H17N9O5/c33-23(15-5-4-8-19(13-15)31(34)35)30-29-22-20(32(36)37)21(24-14-25-22)26-16-9-11-18(12-10-16)28-27-17-6-2-1-3-7-17/h1-14H,(H,30,33)(H2,24,25,26,29). The number of nitro benzene ring substituents is 1. The van der Waals surface area contributed by atoms with E-state index in [2.05, 4.69) is 36.4 Å². The summed E-state index contributed by atoms with van der Waals surface area (Å²) in [5, 5.41) is 33.8. The van der Waals surface area contributed by atoms with Crippen LogP contribution in [0, 0.1) is 20.2 Å². The van der Waals surface area contributed by atoms with Crippen molar-refractivity contribution in [2.24, 2.45) is 10.2 Å². The first-order valence-corrected chi connectivity index (χ1v) is 10.5. The van der Waals surface area contributed by atoms with Gasteiger partial charge in [0.1, 0.15) is 6.33 Å². The summed E-state index contributed by atoms with van der Waals surface area (Å²) in [6.07, 6.45) is 1.07. The monoisotopic (exact) mass is 499 g/mol. The number of rotatable bonds is 9. The predicted octanol–water partition coefficient (Wildman–Crippen LogP) is 5.21. The van der Waals surface area contributed by atoms with Crippen LogP contribution >= 0.6 is 0 Å². The summed E-state index contributed by atoms with van der Waals surface area (Å²) in [4.78, 5) is 41.5. The molecule has 0 unspecified atom stereocenters. The first-order chi connectivity index (χ1) is 17.9. The molecule has 0 bridgehead atoms. The van der Waals surface area contributed by atoms with Crippen molar-refractivity contribution in [2.45, 2.75) is 0 Å². The summed E-state index contributed by atoms with van der Waals surface area (Å²) >= 11 is 0. The van der Waals surface area contributed by atoms with Crippen molar-refractivity contribution in [3.63, 3.8) is 0 Å². The van der Waals surface area contributed by atoms with Crippen molar-refractivity contribution < 1.29 is 14.6 Å². The first-order valence-electron chi connectivity index (χ1n) is 10.5. The Kier molecular flexibility index (Phi) is 7.30. The fraction of sp³-hybridized carbons (Fsp3) is 0. The first kappa shape index (κ1) is 24.3. The van der Waals surface area contributed by atoms with E-state index in [1.807, 2.05) is 30.3 Å². The topological polar surface area (TPSA) is 190 Å². The van der Waals surface area contributed by atoms with Crippen LogP contribution in [0.3, 0.4) is 0 Å². The predicted molar refractivity (Wildman–Crippen MR) is 133 cm³/mol. The molecule has 0 saturated heterocycles. The van der Waals surface area contributed by atoms with E-state index < -0.39 is 21.4 Å². The molecule has 37 heavy (non-hydrogen) atoms. The molecule has 3 N–H and O–H groups in total. The quantitative estimate of drug-likeness (QED) is 0.158. The molecule has 0 radical (unpaired) electrons. The highest BCUT2D eigenvalue weighted by atomic mass is 16.6. The van der Waals surface area contributed by atoms with Crippen molar-refractivity contribution in [2.75, 3.05) is 10.7 Å². The van der Waals surface area contributed by atoms with E-state index in [-0.39, 0.29) is 22.9 Å². The van der Waals surface area contributed by atoms with E-state index in [1.54, 1.807) is 24.3 Å². The van der Waals surface area contributed by atoms with Gasteiger partial charge in [0.15, 0.2) is 0 Å². The second kappa shape index (κ2) is 11.1. The number of nitrogens with zero attached hydrogens (tertiary/aromatic N) is 6. The highest BCUT2D eigenvalue weighted by Crippen LogP contribution is 2.31. The molecule has 1 amide bonds. The van der Waals surface area contributed by atoms with Crippen LogP contribution < -0.4 is 16.2 Å². The van der Waals surface area contributed by atoms with Crippen molar-refractivity contribution in [1.29, 1.82) is 0 Å². The lowest BCUT2D eigenvalue weighted by atomic mass is 10.2. The molecular formula is C23H17N9O5. The molecule has 0 saturated carbocycles. The number of nitrogens with one attached hydrogen (secondary N) is 3. The zero-order valence-electron chi connectivity index (χ0n) is 18.8. The average molecular weight is 499 g/mol. The number of hydrazine groups is 1. The molecule has 4 rings (SSSR count). The number of non-ortho nitro benzene ring substituents is 1. The third-order valence-electron chi connectivity index (χ3n) is 4.79. The molecule has 0 aliphatic heterocycles. The number of hydrogen-bond acceptors (Lipinski definition) is 11. The van der Waals surface area contributed by atoms with E-state index >= 15 is 0 Å². The van der Waals surface area contributed by atoms with E-state index in [1.165, 1.54) is 18.2 Å². The Morgan fingerprint density at radius 3 is 2.14 bits per heavy atom. The van der Waals surface area contributed by atoms with E-state index in [4.69, 9.17) is 0 Å². The van der Waals surface area contributed by atoms with Crippen molar-refractivity contribution in [3.05, 3.63) is 111 Å². The lowest BCUT2D eigenvalue weighted by Gasteiger charge is -2.11. The second-order valence-corrected chi connectivity index (χ2v) is 7.27. The average Bonchev–Trinajstić information content (AvgIpc) is 2.92. The fourth-order valence-electron chi connectivity index (χ4n) is 3.04. The van der Waals surface area contributed by atoms with Gasteiger partial charge in [-0.15, -0.1) is 0 Å². The van der Waals surface area contributed by atoms with Gasteiger partial charge in [-0.1, -0.05) is 24.3 Å². The molecule has 1 heterocycles. The van der Waals surface area contributed by atoms with Gasteiger partial charge in [-0.05, 0) is 42.5 Å². The fourth-order valence-corrected chi connectivity index (χ4v) is 3.04. The minimum atomic E-state index is -0.758. The third kappa shape index (κ3) is 6.21. The zero-order valence-corrected chi connectivity index (χ0v) is 18.8. The van der Waals surface area contributed by atoms with Crippen LogP contribution in [-0.4, -0.2) is 25.7 Å². The van der Waals surface area contributed by atoms with Crippen molar-refractivity contribution in [3.8, 4) is 0 Å². The summed E-state index contributed by atoms with van der Waals surface area (Å²) in [5.74, 6) is -1.19. The normalized spacial score (nSPS) is 10.6. The Bertz CT molecular complexity index is 1480. The van der Waals surface area contributed by atoms with Gasteiger partial charge >= 0.3 is 5.69 Å². The summed E-state index contributed by atoms with van der Waals surface area (Å²) in [7, 11) is 0. The number of azo groups is 1. The summed E-state index contributed by atoms with van der Waals surface area (Å²) < 4.78 is 0. The van der Waals surface area contributed by atoms with Crippen LogP contribution in [0.2, 0.25) is 0 Å². The van der Waals surface area contributed by atoms with Gasteiger partial charge in [0.05, 0.1) is 21.2 Å². The maximum absolute atomic E-state index is 12.4. The molecule has 1 aromatic heterocycles. The number of benzene rings is 3. The Balaban J connectivity index is 1.48. The smallest absolute Gasteiger partial charge is 0.334 e. The van der Waals surface area contributed by atoms with Crippen LogP contribution in [-0.2, 0) is 0 Å². The largest absolute Gasteiger partial charge is 0.355 e. The molecular weight excluding hydrogens is 482 g/mol. The van der Waals surface area contributed by atoms with Crippen LogP contribution in [0.25, 0.3) is 0 Å². The minimum absolute atomic E-state index is 0.0266. The number of carbonyl (C=O) groups is 1. The van der Waals surface area contributed by atoms with E-state index in [0.29, 0.717) is 17.1 Å². The molecule has 14 nitrogen and oxygen atoms in total. The summed E-state index contributed by atoms with van der Waals surface area (Å²) in [6.45, 7) is 0. The van der Waals surface area contributed by atoms with Gasteiger partial charge in [0, 0.05) is 23.4 Å². The highest BCUT2D eigenvalue weighted by Gasteiger charge is 2.24. The molecule has 184 valence electrons. The minimum Gasteiger partial charge on any atom is -0.334 e. The maximum atomic E-state index is 12.4. The summed E-state index contributed by atoms with van der Waals surface area (Å²) in [5.41, 5.74) is 5.53. The van der Waals surface area contributed by atoms with E-state index in [9.17, 15) is 25.0 Å². The Labute approximate surface area is 208 Å². The number of anilines is 3. The van der Waals surface area contributed by atoms with Gasteiger partial charge in [0.25, 0.3) is 11.6 Å². The van der Waals surface area contributed by atoms with Crippen molar-refractivity contribution in [1.82, 2.24) is 15.4 Å². The Hall–Kier alpha value is -5.79. The second-order valence-electron chi connectivity index (χ2n) is 7.27. The zero-order chi connectivity index (χ0) is 26.2. The number of nitro groups is 2. The maximum Gasteiger partial charge on any atom is 0.355 e. The Morgan fingerprint density at radius 1 is 0.784 bits per heavy atom. The van der Waals surface area contributed by atoms with E-state index in [0.717, 1.165) is 12.4 Å². The molecule has 0 atom stereocenters. The van der Waals surface area contributed by atoms with Gasteiger partial charge < -0.3 is 5.32 Å². The lowest BCUT2D eigenvalue weighted by Crippen LogP contribution is -2.30. The molecule has 3 aromatic carbocycles. The molecule has 0 aliphatic rings. The van der Waals surface area contributed by atoms with Crippen LogP contribution in [0.15, 0.2) is 95.4 Å². The molecule has 0 spiro atoms. The van der Waals surface area contributed by atoms with Gasteiger partial charge in [-0.25, -0.2) is 9.97 Å². The number of amides is 1. The van der Waals surface area contributed by atoms with Gasteiger partial charge in [-0.3, -0.25) is 35.9 Å². The number of hydrogen-bond donors (Lipinski definition) is 3. The van der Waals surface area contributed by atoms with Crippen LogP contribution in [0.4, 0.5) is 40.1 Å². The number of aromatic nitrogens is 2. The molecule has 4 aromatic rings. The highest BCUT2D eigenvalue weighted by molar-refractivity contribution is 5.95. The van der Waals surface area contributed by atoms with Gasteiger partial charge in [0.2, 0.25) is 11.6 Å². The van der Waals surface area contributed by atoms with Crippen LogP contribution in [0.5, 0.6) is 0 Å². The molecule has 0 fully saturated rings. The molecule has 14 heteroatoms. The third-order valence-corrected chi connectivity index (χ3v) is 4.79.